The molecule has 106 valence electrons. The SMILES string of the molecule is COc1ccc2[nH]c3c(c2c1)CCc1c(OC)cccc1-3. The molecule has 4 rings (SSSR count). The summed E-state index contributed by atoms with van der Waals surface area (Å²) < 4.78 is 10.9. The molecule has 1 N–H and O–H groups in total. The van der Waals surface area contributed by atoms with Crippen molar-refractivity contribution in [2.45, 2.75) is 12.8 Å². The van der Waals surface area contributed by atoms with Crippen molar-refractivity contribution in [2.24, 2.45) is 0 Å². The topological polar surface area (TPSA) is 34.2 Å². The molecule has 0 saturated carbocycles. The highest BCUT2D eigenvalue weighted by Crippen LogP contribution is 2.41. The first-order chi connectivity index (χ1) is 10.3. The number of fused-ring (bicyclic) bond motifs is 5. The van der Waals surface area contributed by atoms with Gasteiger partial charge in [0, 0.05) is 22.0 Å². The highest BCUT2D eigenvalue weighted by atomic mass is 16.5. The Balaban J connectivity index is 1.99. The Morgan fingerprint density at radius 3 is 2.62 bits per heavy atom. The minimum absolute atomic E-state index is 0.903. The molecule has 0 aliphatic heterocycles. The fourth-order valence-electron chi connectivity index (χ4n) is 3.34. The summed E-state index contributed by atoms with van der Waals surface area (Å²) in [5.74, 6) is 1.88. The zero-order chi connectivity index (χ0) is 14.4. The van der Waals surface area contributed by atoms with E-state index in [9.17, 15) is 0 Å². The predicted octanol–water partition coefficient (Wildman–Crippen LogP) is 3.95. The van der Waals surface area contributed by atoms with Gasteiger partial charge in [-0.05, 0) is 42.7 Å². The van der Waals surface area contributed by atoms with Gasteiger partial charge in [0.05, 0.1) is 19.9 Å². The first kappa shape index (κ1) is 12.3. The quantitative estimate of drug-likeness (QED) is 0.770. The first-order valence-electron chi connectivity index (χ1n) is 7.16. The van der Waals surface area contributed by atoms with Crippen LogP contribution in [0.1, 0.15) is 11.1 Å². The zero-order valence-corrected chi connectivity index (χ0v) is 12.2. The van der Waals surface area contributed by atoms with Crippen molar-refractivity contribution < 1.29 is 9.47 Å². The average molecular weight is 279 g/mol. The van der Waals surface area contributed by atoms with Crippen molar-refractivity contribution in [3.05, 3.63) is 47.5 Å². The largest absolute Gasteiger partial charge is 0.497 e. The maximum atomic E-state index is 5.50. The van der Waals surface area contributed by atoms with E-state index in [2.05, 4.69) is 29.2 Å². The van der Waals surface area contributed by atoms with E-state index in [1.54, 1.807) is 14.2 Å². The minimum atomic E-state index is 0.903. The third-order valence-electron chi connectivity index (χ3n) is 4.36. The summed E-state index contributed by atoms with van der Waals surface area (Å²) in [5, 5.41) is 1.26. The normalized spacial score (nSPS) is 12.9. The number of aromatic amines is 1. The van der Waals surface area contributed by atoms with Crippen LogP contribution in [0.4, 0.5) is 0 Å². The molecule has 0 radical (unpaired) electrons. The Morgan fingerprint density at radius 1 is 0.952 bits per heavy atom. The lowest BCUT2D eigenvalue weighted by molar-refractivity contribution is 0.409. The zero-order valence-electron chi connectivity index (χ0n) is 12.2. The van der Waals surface area contributed by atoms with Gasteiger partial charge in [-0.3, -0.25) is 0 Å². The van der Waals surface area contributed by atoms with Gasteiger partial charge in [-0.1, -0.05) is 12.1 Å². The number of methoxy groups -OCH3 is 2. The van der Waals surface area contributed by atoms with Gasteiger partial charge in [-0.25, -0.2) is 0 Å². The summed E-state index contributed by atoms with van der Waals surface area (Å²) >= 11 is 0. The van der Waals surface area contributed by atoms with E-state index >= 15 is 0 Å². The number of hydrogen-bond donors (Lipinski definition) is 1. The molecule has 3 nitrogen and oxygen atoms in total. The van der Waals surface area contributed by atoms with E-state index in [-0.39, 0.29) is 0 Å². The third kappa shape index (κ3) is 1.74. The lowest BCUT2D eigenvalue weighted by atomic mass is 9.88. The number of benzene rings is 2. The number of nitrogens with one attached hydrogen (secondary N) is 1. The lowest BCUT2D eigenvalue weighted by Gasteiger charge is -2.19. The number of ether oxygens (including phenoxy) is 2. The fourth-order valence-corrected chi connectivity index (χ4v) is 3.34. The Bertz CT molecular complexity index is 833. The standard InChI is InChI=1S/C18H17NO2/c1-20-11-6-9-16-15(10-11)14-8-7-12-13(18(14)19-16)4-3-5-17(12)21-2/h3-6,9-10,19H,7-8H2,1-2H3. The monoisotopic (exact) mass is 279 g/mol. The molecule has 0 bridgehead atoms. The Hall–Kier alpha value is -2.42. The maximum absolute atomic E-state index is 5.50. The molecule has 0 spiro atoms. The molecule has 3 heteroatoms. The average Bonchev–Trinajstić information content (AvgIpc) is 2.92. The number of H-pyrrole nitrogens is 1. The summed E-state index contributed by atoms with van der Waals surface area (Å²) in [5.41, 5.74) is 6.32. The lowest BCUT2D eigenvalue weighted by Crippen LogP contribution is -2.04. The smallest absolute Gasteiger partial charge is 0.122 e. The molecule has 0 atom stereocenters. The van der Waals surface area contributed by atoms with Gasteiger partial charge in [0.2, 0.25) is 0 Å². The van der Waals surface area contributed by atoms with Gasteiger partial charge in [0.1, 0.15) is 11.5 Å². The molecule has 3 aromatic rings. The second-order valence-electron chi connectivity index (χ2n) is 5.38. The number of hydrogen-bond acceptors (Lipinski definition) is 2. The van der Waals surface area contributed by atoms with Crippen molar-refractivity contribution in [1.29, 1.82) is 0 Å². The molecule has 0 fully saturated rings. The number of aryl methyl sites for hydroxylation is 1. The molecular weight excluding hydrogens is 262 g/mol. The summed E-state index contributed by atoms with van der Waals surface area (Å²) in [4.78, 5) is 3.56. The van der Waals surface area contributed by atoms with E-state index in [0.29, 0.717) is 0 Å². The van der Waals surface area contributed by atoms with Gasteiger partial charge in [-0.2, -0.15) is 0 Å². The number of rotatable bonds is 2. The summed E-state index contributed by atoms with van der Waals surface area (Å²) in [6, 6.07) is 12.5. The van der Waals surface area contributed by atoms with Crippen molar-refractivity contribution >= 4 is 10.9 Å². The molecule has 0 saturated heterocycles. The van der Waals surface area contributed by atoms with Crippen LogP contribution in [0.25, 0.3) is 22.2 Å². The van der Waals surface area contributed by atoms with Crippen LogP contribution in [0, 0.1) is 0 Å². The Morgan fingerprint density at radius 2 is 1.81 bits per heavy atom. The highest BCUT2D eigenvalue weighted by Gasteiger charge is 2.23. The van der Waals surface area contributed by atoms with Crippen molar-refractivity contribution in [1.82, 2.24) is 4.98 Å². The van der Waals surface area contributed by atoms with Gasteiger partial charge >= 0.3 is 0 Å². The number of aromatic nitrogens is 1. The molecular formula is C18H17NO2. The van der Waals surface area contributed by atoms with Gasteiger partial charge in [-0.15, -0.1) is 0 Å². The minimum Gasteiger partial charge on any atom is -0.497 e. The highest BCUT2D eigenvalue weighted by molar-refractivity contribution is 5.93. The second-order valence-corrected chi connectivity index (χ2v) is 5.38. The van der Waals surface area contributed by atoms with E-state index in [1.807, 2.05) is 12.1 Å². The molecule has 1 aromatic heterocycles. The van der Waals surface area contributed by atoms with E-state index < -0.39 is 0 Å². The fraction of sp³-hybridized carbons (Fsp3) is 0.222. The van der Waals surface area contributed by atoms with Crippen LogP contribution in [-0.2, 0) is 12.8 Å². The molecule has 21 heavy (non-hydrogen) atoms. The molecule has 1 aliphatic carbocycles. The van der Waals surface area contributed by atoms with Crippen LogP contribution in [0.3, 0.4) is 0 Å². The van der Waals surface area contributed by atoms with Crippen LogP contribution in [0.15, 0.2) is 36.4 Å². The van der Waals surface area contributed by atoms with E-state index in [1.165, 1.54) is 27.8 Å². The molecule has 1 heterocycles. The van der Waals surface area contributed by atoms with Crippen molar-refractivity contribution in [3.8, 4) is 22.8 Å². The van der Waals surface area contributed by atoms with Crippen LogP contribution in [-0.4, -0.2) is 19.2 Å². The van der Waals surface area contributed by atoms with Gasteiger partial charge in [0.15, 0.2) is 0 Å². The molecule has 2 aromatic carbocycles. The summed E-state index contributed by atoms with van der Waals surface area (Å²) in [6.45, 7) is 0. The van der Waals surface area contributed by atoms with Gasteiger partial charge in [0.25, 0.3) is 0 Å². The molecule has 0 unspecified atom stereocenters. The maximum Gasteiger partial charge on any atom is 0.122 e. The predicted molar refractivity (Wildman–Crippen MR) is 84.2 cm³/mol. The first-order valence-corrected chi connectivity index (χ1v) is 7.16. The Kier molecular flexibility index (Phi) is 2.67. The van der Waals surface area contributed by atoms with Crippen LogP contribution >= 0.6 is 0 Å². The Labute approximate surface area is 123 Å². The van der Waals surface area contributed by atoms with Crippen molar-refractivity contribution in [3.63, 3.8) is 0 Å². The van der Waals surface area contributed by atoms with Crippen molar-refractivity contribution in [2.75, 3.05) is 14.2 Å². The van der Waals surface area contributed by atoms with Crippen LogP contribution < -0.4 is 9.47 Å². The van der Waals surface area contributed by atoms with Gasteiger partial charge < -0.3 is 14.5 Å². The van der Waals surface area contributed by atoms with E-state index in [4.69, 9.17) is 9.47 Å². The third-order valence-corrected chi connectivity index (χ3v) is 4.36. The molecule has 1 aliphatic rings. The second kappa shape index (κ2) is 4.55. The summed E-state index contributed by atoms with van der Waals surface area (Å²) in [7, 11) is 3.45. The summed E-state index contributed by atoms with van der Waals surface area (Å²) in [6.07, 6.45) is 2.03. The van der Waals surface area contributed by atoms with Crippen LogP contribution in [0.2, 0.25) is 0 Å². The van der Waals surface area contributed by atoms with Crippen LogP contribution in [0.5, 0.6) is 11.5 Å². The molecule has 0 amide bonds. The van der Waals surface area contributed by atoms with E-state index in [0.717, 1.165) is 29.9 Å².